The van der Waals surface area contributed by atoms with Crippen molar-refractivity contribution in [3.63, 3.8) is 0 Å². The van der Waals surface area contributed by atoms with E-state index in [1.165, 1.54) is 17.0 Å². The van der Waals surface area contributed by atoms with E-state index in [4.69, 9.17) is 0 Å². The lowest BCUT2D eigenvalue weighted by atomic mass is 9.96. The number of carbonyl (C=O) groups excluding carboxylic acids is 1. The summed E-state index contributed by atoms with van der Waals surface area (Å²) in [7, 11) is 0. The molecule has 1 amide bonds. The molecule has 2 heterocycles. The number of amides is 1. The minimum Gasteiger partial charge on any atom is -0.395 e. The van der Waals surface area contributed by atoms with Crippen molar-refractivity contribution >= 4 is 5.91 Å². The van der Waals surface area contributed by atoms with E-state index >= 15 is 0 Å². The van der Waals surface area contributed by atoms with Crippen LogP contribution in [-0.4, -0.2) is 94.9 Å². The van der Waals surface area contributed by atoms with Crippen LogP contribution in [0.2, 0.25) is 0 Å². The number of aliphatic hydroxyl groups is 2. The molecule has 6 nitrogen and oxygen atoms in total. The van der Waals surface area contributed by atoms with Gasteiger partial charge < -0.3 is 15.1 Å². The van der Waals surface area contributed by atoms with E-state index in [1.54, 1.807) is 0 Å². The van der Waals surface area contributed by atoms with Gasteiger partial charge in [-0.25, -0.2) is 0 Å². The minimum absolute atomic E-state index is 0.00624. The average Bonchev–Trinajstić information content (AvgIpc) is 2.98. The van der Waals surface area contributed by atoms with Crippen molar-refractivity contribution in [3.8, 4) is 0 Å². The van der Waals surface area contributed by atoms with Gasteiger partial charge in [-0.3, -0.25) is 14.6 Å². The van der Waals surface area contributed by atoms with Crippen molar-refractivity contribution in [1.29, 1.82) is 0 Å². The number of carbonyl (C=O) groups is 1. The fourth-order valence-corrected chi connectivity index (χ4v) is 6.14. The maximum absolute atomic E-state index is 13.6. The Labute approximate surface area is 254 Å². The lowest BCUT2D eigenvalue weighted by molar-refractivity contribution is -0.143. The predicted octanol–water partition coefficient (Wildman–Crippen LogP) is 5.32. The van der Waals surface area contributed by atoms with Gasteiger partial charge in [0.1, 0.15) is 0 Å². The molecule has 250 valence electrons. The molecular weight excluding hydrogens is 621 g/mol. The highest BCUT2D eigenvalue weighted by Crippen LogP contribution is 2.37. The minimum atomic E-state index is -5.15. The molecule has 2 aliphatic rings. The van der Waals surface area contributed by atoms with Gasteiger partial charge in [0.15, 0.2) is 0 Å². The average molecular weight is 656 g/mol. The number of likely N-dealkylation sites (tertiary alicyclic amines) is 1. The largest absolute Gasteiger partial charge is 0.416 e. The molecule has 4 rings (SSSR count). The second-order valence-corrected chi connectivity index (χ2v) is 11.5. The molecule has 15 heteroatoms. The molecule has 2 N–H and O–H groups in total. The number of aliphatic hydroxyl groups excluding tert-OH is 2. The standard InChI is InChI=1S/C30H34F9N3O3/c31-28(32,33)21-6-4-19(5-7-21)12-26-16-40(8-10-41-24(17-43)2-1-3-25(41)18-44)9-11-42(26)27(45)20-13-22(29(34,35)36)15-23(14-20)30(37,38)39/h4-7,13-15,24-26,43-44H,1-3,8-12,16-18H2/t24-,25+,26-/m1/s1. The molecule has 0 bridgehead atoms. The van der Waals surface area contributed by atoms with Gasteiger partial charge in [-0.15, -0.1) is 0 Å². The Hall–Kier alpha value is -2.88. The van der Waals surface area contributed by atoms with Crippen LogP contribution < -0.4 is 0 Å². The van der Waals surface area contributed by atoms with E-state index in [9.17, 15) is 54.5 Å². The third kappa shape index (κ3) is 8.69. The van der Waals surface area contributed by atoms with Crippen molar-refractivity contribution in [2.75, 3.05) is 45.9 Å². The van der Waals surface area contributed by atoms with Crippen LogP contribution >= 0.6 is 0 Å². The summed E-state index contributed by atoms with van der Waals surface area (Å²) in [5.41, 5.74) is -4.56. The van der Waals surface area contributed by atoms with Crippen LogP contribution in [-0.2, 0) is 24.9 Å². The van der Waals surface area contributed by atoms with Crippen LogP contribution in [0.25, 0.3) is 0 Å². The van der Waals surface area contributed by atoms with E-state index in [0.717, 1.165) is 31.4 Å². The molecule has 2 aromatic rings. The van der Waals surface area contributed by atoms with Crippen LogP contribution in [0.1, 0.15) is 51.9 Å². The molecule has 0 aromatic heterocycles. The highest BCUT2D eigenvalue weighted by atomic mass is 19.4. The zero-order valence-corrected chi connectivity index (χ0v) is 24.1. The highest BCUT2D eigenvalue weighted by molar-refractivity contribution is 5.95. The number of rotatable bonds is 8. The van der Waals surface area contributed by atoms with Gasteiger partial charge in [0, 0.05) is 56.4 Å². The van der Waals surface area contributed by atoms with Gasteiger partial charge in [-0.05, 0) is 55.2 Å². The molecule has 0 unspecified atom stereocenters. The molecule has 0 spiro atoms. The van der Waals surface area contributed by atoms with Gasteiger partial charge in [0.2, 0.25) is 0 Å². The Morgan fingerprint density at radius 3 is 1.73 bits per heavy atom. The van der Waals surface area contributed by atoms with Crippen molar-refractivity contribution in [1.82, 2.24) is 14.7 Å². The fourth-order valence-electron chi connectivity index (χ4n) is 6.14. The SMILES string of the molecule is O=C(c1cc(C(F)(F)F)cc(C(F)(F)F)c1)N1CCN(CCN2[C@H](CO)CCC[C@@H]2CO)C[C@H]1Cc1ccc(C(F)(F)F)cc1. The molecule has 0 aliphatic carbocycles. The molecule has 0 radical (unpaired) electrons. The van der Waals surface area contributed by atoms with Gasteiger partial charge >= 0.3 is 18.5 Å². The molecule has 3 atom stereocenters. The number of hydrogen-bond donors (Lipinski definition) is 2. The van der Waals surface area contributed by atoms with E-state index in [0.29, 0.717) is 30.8 Å². The Morgan fingerprint density at radius 1 is 0.711 bits per heavy atom. The van der Waals surface area contributed by atoms with Crippen LogP contribution in [0.5, 0.6) is 0 Å². The fraction of sp³-hybridized carbons (Fsp3) is 0.567. The van der Waals surface area contributed by atoms with Crippen LogP contribution in [0, 0.1) is 0 Å². The first-order valence-corrected chi connectivity index (χ1v) is 14.5. The van der Waals surface area contributed by atoms with Crippen LogP contribution in [0.3, 0.4) is 0 Å². The Morgan fingerprint density at radius 2 is 1.24 bits per heavy atom. The number of piperidine rings is 1. The summed E-state index contributed by atoms with van der Waals surface area (Å²) in [5.74, 6) is -1.06. The Bertz CT molecular complexity index is 1250. The number of halogens is 9. The number of benzene rings is 2. The lowest BCUT2D eigenvalue weighted by Gasteiger charge is -2.44. The van der Waals surface area contributed by atoms with Crippen LogP contribution in [0.4, 0.5) is 39.5 Å². The van der Waals surface area contributed by atoms with E-state index in [-0.39, 0.29) is 57.4 Å². The summed E-state index contributed by atoms with van der Waals surface area (Å²) in [4.78, 5) is 18.7. The Balaban J connectivity index is 1.60. The summed E-state index contributed by atoms with van der Waals surface area (Å²) in [6, 6.07) is 3.75. The number of alkyl halides is 9. The summed E-state index contributed by atoms with van der Waals surface area (Å²) >= 11 is 0. The molecule has 2 aromatic carbocycles. The lowest BCUT2D eigenvalue weighted by Crippen LogP contribution is -2.58. The quantitative estimate of drug-likeness (QED) is 0.377. The van der Waals surface area contributed by atoms with Crippen molar-refractivity contribution in [2.24, 2.45) is 0 Å². The van der Waals surface area contributed by atoms with Gasteiger partial charge in [-0.1, -0.05) is 18.6 Å². The molecule has 45 heavy (non-hydrogen) atoms. The summed E-state index contributed by atoms with van der Waals surface area (Å²) in [6.07, 6.45) is -12.6. The molecule has 2 saturated heterocycles. The third-order valence-electron chi connectivity index (χ3n) is 8.52. The first kappa shape index (κ1) is 35.0. The molecule has 2 fully saturated rings. The summed E-state index contributed by atoms with van der Waals surface area (Å²) < 4.78 is 120. The maximum Gasteiger partial charge on any atom is 0.416 e. The summed E-state index contributed by atoms with van der Waals surface area (Å²) in [5, 5.41) is 19.7. The summed E-state index contributed by atoms with van der Waals surface area (Å²) in [6.45, 7) is 0.953. The van der Waals surface area contributed by atoms with Gasteiger partial charge in [0.05, 0.1) is 29.9 Å². The number of piperazine rings is 1. The highest BCUT2D eigenvalue weighted by Gasteiger charge is 2.40. The first-order chi connectivity index (χ1) is 21.0. The predicted molar refractivity (Wildman–Crippen MR) is 145 cm³/mol. The monoisotopic (exact) mass is 655 g/mol. The number of hydrogen-bond acceptors (Lipinski definition) is 5. The normalized spacial score (nSPS) is 22.6. The Kier molecular flexibility index (Phi) is 10.8. The van der Waals surface area contributed by atoms with E-state index in [2.05, 4.69) is 0 Å². The topological polar surface area (TPSA) is 67.3 Å². The van der Waals surface area contributed by atoms with Gasteiger partial charge in [-0.2, -0.15) is 39.5 Å². The first-order valence-electron chi connectivity index (χ1n) is 14.5. The van der Waals surface area contributed by atoms with Crippen molar-refractivity contribution in [3.05, 3.63) is 70.3 Å². The smallest absolute Gasteiger partial charge is 0.395 e. The molecular formula is C30H34F9N3O3. The van der Waals surface area contributed by atoms with Crippen molar-refractivity contribution < 1.29 is 54.5 Å². The van der Waals surface area contributed by atoms with Crippen LogP contribution in [0.15, 0.2) is 42.5 Å². The zero-order chi connectivity index (χ0) is 33.2. The molecule has 0 saturated carbocycles. The number of nitrogens with zero attached hydrogens (tertiary/aromatic N) is 3. The second kappa shape index (κ2) is 13.9. The van der Waals surface area contributed by atoms with E-state index in [1.807, 2.05) is 9.80 Å². The van der Waals surface area contributed by atoms with Gasteiger partial charge in [0.25, 0.3) is 5.91 Å². The third-order valence-corrected chi connectivity index (χ3v) is 8.52. The maximum atomic E-state index is 13.6. The van der Waals surface area contributed by atoms with E-state index < -0.39 is 52.7 Å². The van der Waals surface area contributed by atoms with Crippen molar-refractivity contribution in [2.45, 2.75) is 62.3 Å². The second-order valence-electron chi connectivity index (χ2n) is 11.5. The zero-order valence-electron chi connectivity index (χ0n) is 24.1. The molecule has 2 aliphatic heterocycles.